The molecule has 1 unspecified atom stereocenters. The van der Waals surface area contributed by atoms with Crippen molar-refractivity contribution >= 4 is 91.2 Å². The Morgan fingerprint density at radius 1 is 0.566 bits per heavy atom. The van der Waals surface area contributed by atoms with Crippen LogP contribution in [0, 0.1) is 27.7 Å². The number of nitrogens with zero attached hydrogens (tertiary/aromatic N) is 4. The average molecular weight is 777 g/mol. The van der Waals surface area contributed by atoms with Crippen LogP contribution in [0.4, 0.5) is 17.6 Å². The van der Waals surface area contributed by atoms with Crippen molar-refractivity contribution < 1.29 is 26.7 Å². The normalized spacial score (nSPS) is 20.4. The summed E-state index contributed by atoms with van der Waals surface area (Å²) in [6, 6.07) is 19.0. The average Bonchev–Trinajstić information content (AvgIpc) is 3.97. The Kier molecular flexibility index (Phi) is 5.65. The lowest BCUT2D eigenvalue weighted by atomic mass is 10.1. The third-order valence-electron chi connectivity index (χ3n) is 11.0. The summed E-state index contributed by atoms with van der Waals surface area (Å²) in [7, 11) is 0. The number of aromatic nitrogens is 2. The van der Waals surface area contributed by atoms with Crippen LogP contribution in [0.3, 0.4) is 0 Å². The maximum absolute atomic E-state index is 17.8. The summed E-state index contributed by atoms with van der Waals surface area (Å²) < 4.78 is 77.8. The fraction of sp³-hybridized carbons (Fsp3) is 0.122. The minimum absolute atomic E-state index is 0.144. The largest absolute Gasteiger partial charge is 0.554 e. The Morgan fingerprint density at radius 2 is 1.15 bits per heavy atom. The summed E-state index contributed by atoms with van der Waals surface area (Å²) in [4.78, 5) is 7.19. The second-order valence-corrected chi connectivity index (χ2v) is 19.2. The van der Waals surface area contributed by atoms with Crippen LogP contribution in [0.2, 0.25) is 0 Å². The van der Waals surface area contributed by atoms with E-state index in [1.807, 2.05) is 76.2 Å². The Morgan fingerprint density at radius 3 is 1.75 bits per heavy atom. The molecule has 6 aliphatic heterocycles. The highest BCUT2D eigenvalue weighted by Gasteiger charge is 2.76. The molecule has 0 saturated carbocycles. The van der Waals surface area contributed by atoms with Crippen molar-refractivity contribution in [1.29, 1.82) is 0 Å². The van der Waals surface area contributed by atoms with Gasteiger partial charge in [0, 0.05) is 62.3 Å². The fourth-order valence-electron chi connectivity index (χ4n) is 8.95. The van der Waals surface area contributed by atoms with Crippen molar-refractivity contribution in [3.05, 3.63) is 136 Å². The molecule has 0 aromatic carbocycles. The van der Waals surface area contributed by atoms with Crippen LogP contribution < -0.4 is 10.7 Å². The first-order chi connectivity index (χ1) is 25.6. The monoisotopic (exact) mass is 776 g/mol. The van der Waals surface area contributed by atoms with Gasteiger partial charge in [0.15, 0.2) is 0 Å². The number of rotatable bonds is 4. The lowest BCUT2D eigenvalue weighted by molar-refractivity contribution is -0.834. The smallest absolute Gasteiger partial charge is 0.197 e. The van der Waals surface area contributed by atoms with Crippen LogP contribution in [0.15, 0.2) is 84.2 Å². The van der Waals surface area contributed by atoms with Gasteiger partial charge in [0.2, 0.25) is 23.3 Å². The van der Waals surface area contributed by atoms with E-state index in [9.17, 15) is 0 Å². The van der Waals surface area contributed by atoms with Gasteiger partial charge in [0.25, 0.3) is 22.8 Å². The molecular formula is C41H24F4N4S4+2. The van der Waals surface area contributed by atoms with Gasteiger partial charge in [-0.2, -0.15) is 26.7 Å². The van der Waals surface area contributed by atoms with E-state index < -0.39 is 29.2 Å². The molecule has 6 aromatic heterocycles. The second-order valence-electron chi connectivity index (χ2n) is 14.0. The second kappa shape index (κ2) is 9.80. The van der Waals surface area contributed by atoms with Gasteiger partial charge in [-0.15, -0.1) is 45.3 Å². The van der Waals surface area contributed by atoms with Gasteiger partial charge in [0.05, 0.1) is 11.1 Å². The zero-order chi connectivity index (χ0) is 36.0. The highest BCUT2D eigenvalue weighted by atomic mass is 32.1. The van der Waals surface area contributed by atoms with Crippen LogP contribution in [0.5, 0.6) is 0 Å². The molecule has 0 bridgehead atoms. The van der Waals surface area contributed by atoms with Gasteiger partial charge in [-0.1, -0.05) is 9.15 Å². The molecule has 0 N–H and O–H groups in total. The fourth-order valence-corrected chi connectivity index (χ4v) is 12.5. The van der Waals surface area contributed by atoms with Gasteiger partial charge >= 0.3 is 5.91 Å². The van der Waals surface area contributed by atoms with Crippen molar-refractivity contribution in [3.63, 3.8) is 0 Å². The summed E-state index contributed by atoms with van der Waals surface area (Å²) >= 11 is 5.99. The topological polar surface area (TPSA) is 15.9 Å². The minimum atomic E-state index is -1.70. The molecule has 0 amide bonds. The van der Waals surface area contributed by atoms with E-state index in [0.29, 0.717) is 22.3 Å². The van der Waals surface area contributed by atoms with Crippen molar-refractivity contribution in [2.45, 2.75) is 33.6 Å². The maximum Gasteiger partial charge on any atom is 0.554 e. The van der Waals surface area contributed by atoms with Crippen LogP contribution >= 0.6 is 45.3 Å². The lowest BCUT2D eigenvalue weighted by Gasteiger charge is -2.38. The van der Waals surface area contributed by atoms with Crippen molar-refractivity contribution in [3.8, 4) is 20.9 Å². The van der Waals surface area contributed by atoms with E-state index in [0.717, 1.165) is 39.0 Å². The number of allylic oxidation sites excluding steroid dienone is 4. The lowest BCUT2D eigenvalue weighted by Crippen LogP contribution is -2.71. The van der Waals surface area contributed by atoms with Crippen LogP contribution in [-0.2, 0) is 5.91 Å². The van der Waals surface area contributed by atoms with E-state index in [4.69, 9.17) is 0 Å². The summed E-state index contributed by atoms with van der Waals surface area (Å²) in [5.74, 6) is -4.10. The molecule has 0 saturated heterocycles. The number of halogens is 4. The van der Waals surface area contributed by atoms with Gasteiger partial charge < -0.3 is 0 Å². The molecule has 0 aliphatic carbocycles. The zero-order valence-electron chi connectivity index (χ0n) is 28.4. The zero-order valence-corrected chi connectivity index (χ0v) is 31.6. The standard InChI is InChI=1S/C41H24F4N4S4/c1-17-5-9-29(50-17)21-13-25-34(43)38-23(31-11-7-19(3)52-31)15-27-36(45)40-24(32-12-8-20(4)53-32)16-28-35(44)39-22(30-10-6-18(2)51-30)14-26-33(42)37(21)46(25)41(47(26)39,48(27)38)49(28)40/h5-16H,1-4H3/q+2. The first-order valence-corrected chi connectivity index (χ1v) is 20.3. The number of hydrogen-bond acceptors (Lipinski definition) is 4. The molecule has 258 valence electrons. The minimum Gasteiger partial charge on any atom is -0.197 e. The number of hydrogen-bond donors (Lipinski definition) is 0. The van der Waals surface area contributed by atoms with Crippen molar-refractivity contribution in [2.24, 2.45) is 0 Å². The molecule has 12 heterocycles. The molecular weight excluding hydrogens is 753 g/mol. The molecule has 1 spiro atoms. The summed E-state index contributed by atoms with van der Waals surface area (Å²) in [6.07, 6.45) is 3.44. The van der Waals surface area contributed by atoms with Crippen molar-refractivity contribution in [1.82, 2.24) is 9.13 Å². The first-order valence-electron chi connectivity index (χ1n) is 17.0. The van der Waals surface area contributed by atoms with Crippen molar-refractivity contribution in [2.75, 3.05) is 0 Å². The Bertz CT molecular complexity index is 3160. The predicted molar refractivity (Wildman–Crippen MR) is 207 cm³/mol. The molecule has 0 fully saturated rings. The van der Waals surface area contributed by atoms with E-state index >= 15 is 17.6 Å². The number of aryl methyl sites for hydroxylation is 4. The SMILES string of the molecule is Cc1ccc(C2=CC3=[N+]4C2=C(F)c2cc(-c5ccc(C)s5)c5n2C42n4c(cc(-c6ccc(C)s6)c4=C3F)=C(F)C3=[N+]2C(=C5F)C=C3c2ccc(C)s2)s1. The van der Waals surface area contributed by atoms with Gasteiger partial charge in [-0.25, -0.2) is 0 Å². The summed E-state index contributed by atoms with van der Waals surface area (Å²) in [5, 5.41) is 0.315. The quantitative estimate of drug-likeness (QED) is 0.125. The first kappa shape index (κ1) is 30.6. The van der Waals surface area contributed by atoms with Gasteiger partial charge in [-0.3, -0.25) is 0 Å². The molecule has 53 heavy (non-hydrogen) atoms. The highest BCUT2D eigenvalue weighted by Crippen LogP contribution is 2.57. The molecule has 12 heteroatoms. The van der Waals surface area contributed by atoms with E-state index in [1.165, 1.54) is 45.3 Å². The number of thiophene rings is 4. The molecule has 12 rings (SSSR count). The summed E-state index contributed by atoms with van der Waals surface area (Å²) in [6.45, 7) is 7.92. The predicted octanol–water partition coefficient (Wildman–Crippen LogP) is 9.81. The third kappa shape index (κ3) is 3.43. The van der Waals surface area contributed by atoms with Crippen LogP contribution in [0.1, 0.15) is 40.7 Å². The Hall–Kier alpha value is -4.88. The Labute approximate surface area is 315 Å². The molecule has 1 atom stereocenters. The van der Waals surface area contributed by atoms with Gasteiger partial charge in [-0.05, 0) is 88.4 Å². The molecule has 0 radical (unpaired) electrons. The molecule has 6 aliphatic rings. The van der Waals surface area contributed by atoms with E-state index in [-0.39, 0.29) is 44.9 Å². The van der Waals surface area contributed by atoms with E-state index in [1.54, 1.807) is 42.6 Å². The van der Waals surface area contributed by atoms with Crippen LogP contribution in [-0.4, -0.2) is 29.7 Å². The highest BCUT2D eigenvalue weighted by molar-refractivity contribution is 7.16. The van der Waals surface area contributed by atoms with Gasteiger partial charge in [0.1, 0.15) is 22.1 Å². The van der Waals surface area contributed by atoms with E-state index in [2.05, 4.69) is 0 Å². The molecule has 6 aromatic rings. The Balaban J connectivity index is 1.34. The maximum atomic E-state index is 17.8. The molecule has 4 nitrogen and oxygen atoms in total. The third-order valence-corrected chi connectivity index (χ3v) is 15.1. The summed E-state index contributed by atoms with van der Waals surface area (Å²) in [5.41, 5.74) is 3.05. The van der Waals surface area contributed by atoms with Crippen LogP contribution in [0.25, 0.3) is 55.3 Å².